The van der Waals surface area contributed by atoms with Crippen LogP contribution in [0.4, 0.5) is 11.7 Å². The molecular formula is C13H9N5O4S. The summed E-state index contributed by atoms with van der Waals surface area (Å²) in [5.41, 5.74) is 0.459. The van der Waals surface area contributed by atoms with Gasteiger partial charge in [-0.1, -0.05) is 11.2 Å². The van der Waals surface area contributed by atoms with Gasteiger partial charge in [0, 0.05) is 23.1 Å². The van der Waals surface area contributed by atoms with Crippen LogP contribution in [0.15, 0.2) is 34.1 Å². The molecule has 1 aromatic carbocycles. The lowest BCUT2D eigenvalue weighted by Gasteiger charge is -2.00. The number of thiazole rings is 1. The summed E-state index contributed by atoms with van der Waals surface area (Å²) in [5.74, 6) is -0.401. The molecule has 0 spiro atoms. The molecule has 10 heteroatoms. The predicted octanol–water partition coefficient (Wildman–Crippen LogP) is 2.66. The number of amides is 1. The number of non-ortho nitro benzene ring substituents is 1. The van der Waals surface area contributed by atoms with Crippen LogP contribution in [0.5, 0.6) is 0 Å². The second-order valence-electron chi connectivity index (χ2n) is 4.43. The van der Waals surface area contributed by atoms with E-state index in [1.54, 1.807) is 5.38 Å². The Morgan fingerprint density at radius 2 is 2.22 bits per heavy atom. The van der Waals surface area contributed by atoms with Crippen LogP contribution < -0.4 is 5.32 Å². The Bertz CT molecular complexity index is 888. The Balaban J connectivity index is 1.77. The van der Waals surface area contributed by atoms with Gasteiger partial charge in [-0.2, -0.15) is 0 Å². The van der Waals surface area contributed by atoms with Crippen LogP contribution in [-0.2, 0) is 0 Å². The molecule has 0 aliphatic heterocycles. The first kappa shape index (κ1) is 14.8. The lowest BCUT2D eigenvalue weighted by atomic mass is 10.2. The highest BCUT2D eigenvalue weighted by molar-refractivity contribution is 7.09. The Labute approximate surface area is 133 Å². The van der Waals surface area contributed by atoms with Crippen LogP contribution in [0.3, 0.4) is 0 Å². The lowest BCUT2D eigenvalue weighted by molar-refractivity contribution is -0.384. The maximum Gasteiger partial charge on any atom is 0.322 e. The van der Waals surface area contributed by atoms with Crippen molar-refractivity contribution in [3.63, 3.8) is 0 Å². The molecular weight excluding hydrogens is 322 g/mol. The number of aryl methyl sites for hydroxylation is 1. The molecule has 23 heavy (non-hydrogen) atoms. The van der Waals surface area contributed by atoms with Crippen molar-refractivity contribution in [2.45, 2.75) is 6.92 Å². The van der Waals surface area contributed by atoms with Crippen molar-refractivity contribution in [1.82, 2.24) is 15.2 Å². The van der Waals surface area contributed by atoms with E-state index in [4.69, 9.17) is 4.42 Å². The molecule has 1 amide bonds. The van der Waals surface area contributed by atoms with Gasteiger partial charge < -0.3 is 4.42 Å². The number of hydrogen-bond donors (Lipinski definition) is 1. The highest BCUT2D eigenvalue weighted by atomic mass is 32.1. The van der Waals surface area contributed by atoms with E-state index in [9.17, 15) is 14.9 Å². The molecule has 0 atom stereocenters. The first-order valence-electron chi connectivity index (χ1n) is 6.35. The van der Waals surface area contributed by atoms with E-state index in [0.717, 1.165) is 11.1 Å². The Morgan fingerprint density at radius 3 is 2.91 bits per heavy atom. The molecule has 0 aliphatic carbocycles. The normalized spacial score (nSPS) is 10.5. The summed E-state index contributed by atoms with van der Waals surface area (Å²) in [7, 11) is 0. The molecule has 1 N–H and O–H groups in total. The largest absolute Gasteiger partial charge is 0.401 e. The second kappa shape index (κ2) is 5.93. The van der Waals surface area contributed by atoms with Crippen molar-refractivity contribution in [2.24, 2.45) is 0 Å². The molecule has 0 saturated heterocycles. The van der Waals surface area contributed by atoms with Gasteiger partial charge in [-0.15, -0.1) is 16.4 Å². The zero-order valence-electron chi connectivity index (χ0n) is 11.7. The highest BCUT2D eigenvalue weighted by Gasteiger charge is 2.16. The zero-order valence-corrected chi connectivity index (χ0v) is 12.5. The summed E-state index contributed by atoms with van der Waals surface area (Å²) in [6, 6.07) is 5.22. The van der Waals surface area contributed by atoms with Crippen molar-refractivity contribution in [2.75, 3.05) is 5.32 Å². The third kappa shape index (κ3) is 3.21. The number of carbonyl (C=O) groups excluding carboxylic acids is 1. The molecule has 3 rings (SSSR count). The summed E-state index contributed by atoms with van der Waals surface area (Å²) >= 11 is 1.43. The van der Waals surface area contributed by atoms with Crippen LogP contribution in [0.25, 0.3) is 11.6 Å². The number of benzene rings is 1. The van der Waals surface area contributed by atoms with Crippen LogP contribution in [-0.4, -0.2) is 26.0 Å². The number of nitro benzene ring substituents is 1. The van der Waals surface area contributed by atoms with E-state index in [1.165, 1.54) is 29.5 Å². The topological polar surface area (TPSA) is 124 Å². The van der Waals surface area contributed by atoms with Crippen molar-refractivity contribution >= 4 is 28.9 Å². The van der Waals surface area contributed by atoms with E-state index in [-0.39, 0.29) is 23.2 Å². The van der Waals surface area contributed by atoms with Crippen molar-refractivity contribution in [3.8, 4) is 11.6 Å². The fourth-order valence-electron chi connectivity index (χ4n) is 1.77. The number of nitrogens with zero attached hydrogens (tertiary/aromatic N) is 4. The summed E-state index contributed by atoms with van der Waals surface area (Å²) < 4.78 is 5.31. The van der Waals surface area contributed by atoms with Crippen LogP contribution in [0, 0.1) is 17.0 Å². The average Bonchev–Trinajstić information content (AvgIpc) is 3.16. The summed E-state index contributed by atoms with van der Waals surface area (Å²) in [6.45, 7) is 1.84. The first-order valence-corrected chi connectivity index (χ1v) is 7.23. The van der Waals surface area contributed by atoms with Gasteiger partial charge in [0.15, 0.2) is 0 Å². The summed E-state index contributed by atoms with van der Waals surface area (Å²) in [6.07, 6.45) is 0. The highest BCUT2D eigenvalue weighted by Crippen LogP contribution is 2.22. The van der Waals surface area contributed by atoms with E-state index < -0.39 is 10.8 Å². The number of hydrogen-bond acceptors (Lipinski definition) is 8. The van der Waals surface area contributed by atoms with E-state index in [0.29, 0.717) is 5.69 Å². The molecule has 0 unspecified atom stereocenters. The minimum absolute atomic E-state index is 0.109. The lowest BCUT2D eigenvalue weighted by Crippen LogP contribution is -2.12. The number of nitro groups is 1. The van der Waals surface area contributed by atoms with Crippen molar-refractivity contribution in [1.29, 1.82) is 0 Å². The summed E-state index contributed by atoms with van der Waals surface area (Å²) in [5, 5.41) is 23.2. The van der Waals surface area contributed by atoms with Gasteiger partial charge in [0.05, 0.1) is 9.93 Å². The Hall–Kier alpha value is -3.14. The number of anilines is 1. The second-order valence-corrected chi connectivity index (χ2v) is 5.49. The maximum atomic E-state index is 12.1. The number of carbonyl (C=O) groups is 1. The number of nitrogens with one attached hydrogen (secondary N) is 1. The van der Waals surface area contributed by atoms with Gasteiger partial charge in [-0.25, -0.2) is 4.98 Å². The van der Waals surface area contributed by atoms with Gasteiger partial charge >= 0.3 is 6.01 Å². The molecule has 2 aromatic heterocycles. The van der Waals surface area contributed by atoms with Crippen LogP contribution in [0.1, 0.15) is 15.4 Å². The van der Waals surface area contributed by atoms with E-state index in [2.05, 4.69) is 20.5 Å². The van der Waals surface area contributed by atoms with Gasteiger partial charge in [-0.3, -0.25) is 20.2 Å². The molecule has 0 saturated carbocycles. The molecule has 116 valence electrons. The Morgan fingerprint density at radius 1 is 1.39 bits per heavy atom. The predicted molar refractivity (Wildman–Crippen MR) is 81.2 cm³/mol. The minimum atomic E-state index is -0.585. The van der Waals surface area contributed by atoms with E-state index >= 15 is 0 Å². The van der Waals surface area contributed by atoms with Crippen LogP contribution >= 0.6 is 11.3 Å². The standard InChI is InChI=1S/C13H9N5O4S/c1-7-14-10(6-23-7)12-16-17-13(22-12)15-11(19)8-3-2-4-9(5-8)18(20)21/h2-6H,1H3,(H,15,17,19). The van der Waals surface area contributed by atoms with Gasteiger partial charge in [0.25, 0.3) is 17.5 Å². The minimum Gasteiger partial charge on any atom is -0.401 e. The fourth-order valence-corrected chi connectivity index (χ4v) is 2.36. The maximum absolute atomic E-state index is 12.1. The molecule has 0 bridgehead atoms. The first-order chi connectivity index (χ1) is 11.0. The van der Waals surface area contributed by atoms with E-state index in [1.807, 2.05) is 6.92 Å². The van der Waals surface area contributed by atoms with Crippen molar-refractivity contribution < 1.29 is 14.1 Å². The third-order valence-corrected chi connectivity index (χ3v) is 3.58. The van der Waals surface area contributed by atoms with Crippen LogP contribution in [0.2, 0.25) is 0 Å². The SMILES string of the molecule is Cc1nc(-c2nnc(NC(=O)c3cccc([N+](=O)[O-])c3)o2)cs1. The molecule has 9 nitrogen and oxygen atoms in total. The quantitative estimate of drug-likeness (QED) is 0.575. The monoisotopic (exact) mass is 331 g/mol. The average molecular weight is 331 g/mol. The molecule has 0 aliphatic rings. The molecule has 0 fully saturated rings. The zero-order chi connectivity index (χ0) is 16.4. The summed E-state index contributed by atoms with van der Waals surface area (Å²) in [4.78, 5) is 26.4. The molecule has 3 aromatic rings. The molecule has 0 radical (unpaired) electrons. The number of aromatic nitrogens is 3. The Kier molecular flexibility index (Phi) is 3.81. The van der Waals surface area contributed by atoms with Gasteiger partial charge in [0.2, 0.25) is 0 Å². The van der Waals surface area contributed by atoms with Gasteiger partial charge in [-0.05, 0) is 13.0 Å². The number of rotatable bonds is 4. The van der Waals surface area contributed by atoms with Crippen molar-refractivity contribution in [3.05, 3.63) is 50.3 Å². The third-order valence-electron chi connectivity index (χ3n) is 2.80. The fraction of sp³-hybridized carbons (Fsp3) is 0.0769. The smallest absolute Gasteiger partial charge is 0.322 e. The molecule has 2 heterocycles. The van der Waals surface area contributed by atoms with Gasteiger partial charge in [0.1, 0.15) is 5.69 Å².